The highest BCUT2D eigenvalue weighted by molar-refractivity contribution is 5.34. The highest BCUT2D eigenvalue weighted by Gasteiger charge is 2.18. The van der Waals surface area contributed by atoms with Gasteiger partial charge in [0.15, 0.2) is 0 Å². The van der Waals surface area contributed by atoms with E-state index in [9.17, 15) is 0 Å². The lowest BCUT2D eigenvalue weighted by molar-refractivity contribution is 0.0830. The third kappa shape index (κ3) is 4.11. The summed E-state index contributed by atoms with van der Waals surface area (Å²) in [6, 6.07) is 6.89. The van der Waals surface area contributed by atoms with Crippen molar-refractivity contribution in [3.05, 3.63) is 34.9 Å². The molecule has 2 unspecified atom stereocenters. The molecule has 0 aliphatic rings. The third-order valence-corrected chi connectivity index (χ3v) is 3.66. The molecule has 0 radical (unpaired) electrons. The second-order valence-corrected chi connectivity index (χ2v) is 5.08. The van der Waals surface area contributed by atoms with Crippen LogP contribution >= 0.6 is 0 Å². The normalized spacial score (nSPS) is 14.5. The maximum Gasteiger partial charge on any atom is 0.0699 e. The average molecular weight is 249 g/mol. The van der Waals surface area contributed by atoms with Crippen LogP contribution in [0, 0.1) is 13.8 Å². The monoisotopic (exact) mass is 249 g/mol. The second-order valence-electron chi connectivity index (χ2n) is 5.08. The lowest BCUT2D eigenvalue weighted by Gasteiger charge is -2.25. The minimum atomic E-state index is 0.232. The third-order valence-electron chi connectivity index (χ3n) is 3.66. The van der Waals surface area contributed by atoms with E-state index in [2.05, 4.69) is 51.2 Å². The van der Waals surface area contributed by atoms with E-state index in [0.29, 0.717) is 6.04 Å². The Morgan fingerprint density at radius 2 is 1.83 bits per heavy atom. The minimum Gasteiger partial charge on any atom is -0.380 e. The van der Waals surface area contributed by atoms with Gasteiger partial charge < -0.3 is 10.1 Å². The fraction of sp³-hybridized carbons (Fsp3) is 0.625. The molecule has 0 heterocycles. The van der Waals surface area contributed by atoms with Gasteiger partial charge in [-0.1, -0.05) is 25.1 Å². The summed E-state index contributed by atoms with van der Waals surface area (Å²) in [5.41, 5.74) is 4.21. The number of rotatable bonds is 7. The maximum absolute atomic E-state index is 5.50. The van der Waals surface area contributed by atoms with Crippen molar-refractivity contribution in [2.75, 3.05) is 13.7 Å². The fourth-order valence-corrected chi connectivity index (χ4v) is 2.29. The van der Waals surface area contributed by atoms with Crippen LogP contribution in [0.3, 0.4) is 0 Å². The molecule has 0 saturated heterocycles. The first kappa shape index (κ1) is 15.2. The van der Waals surface area contributed by atoms with Crippen molar-refractivity contribution in [3.8, 4) is 0 Å². The van der Waals surface area contributed by atoms with Crippen molar-refractivity contribution < 1.29 is 4.74 Å². The van der Waals surface area contributed by atoms with E-state index >= 15 is 0 Å². The molecule has 18 heavy (non-hydrogen) atoms. The summed E-state index contributed by atoms with van der Waals surface area (Å²) < 4.78 is 5.50. The van der Waals surface area contributed by atoms with Crippen LogP contribution in [-0.4, -0.2) is 25.8 Å². The lowest BCUT2D eigenvalue weighted by atomic mass is 9.94. The molecule has 0 bridgehead atoms. The van der Waals surface area contributed by atoms with Crippen LogP contribution in [0.25, 0.3) is 0 Å². The summed E-state index contributed by atoms with van der Waals surface area (Å²) in [6.45, 7) is 9.76. The van der Waals surface area contributed by atoms with Gasteiger partial charge >= 0.3 is 0 Å². The number of benzene rings is 1. The number of aryl methyl sites for hydroxylation is 2. The molecule has 1 rings (SSSR count). The van der Waals surface area contributed by atoms with E-state index in [1.807, 2.05) is 0 Å². The van der Waals surface area contributed by atoms with Crippen molar-refractivity contribution in [1.29, 1.82) is 0 Å². The van der Waals surface area contributed by atoms with Crippen LogP contribution in [0.15, 0.2) is 18.2 Å². The molecule has 0 aromatic heterocycles. The van der Waals surface area contributed by atoms with Crippen molar-refractivity contribution in [2.45, 2.75) is 52.7 Å². The molecule has 2 heteroatoms. The van der Waals surface area contributed by atoms with Crippen LogP contribution in [-0.2, 0) is 11.2 Å². The van der Waals surface area contributed by atoms with Gasteiger partial charge in [-0.25, -0.2) is 0 Å². The van der Waals surface area contributed by atoms with Crippen LogP contribution in [0.2, 0.25) is 0 Å². The largest absolute Gasteiger partial charge is 0.380 e. The zero-order chi connectivity index (χ0) is 13.5. The van der Waals surface area contributed by atoms with E-state index in [1.165, 1.54) is 16.7 Å². The predicted molar refractivity (Wildman–Crippen MR) is 78.2 cm³/mol. The molecular formula is C16H27NO. The number of ether oxygens (including phenoxy) is 1. The van der Waals surface area contributed by atoms with E-state index in [1.54, 1.807) is 7.11 Å². The van der Waals surface area contributed by atoms with Gasteiger partial charge in [-0.3, -0.25) is 0 Å². The number of hydrogen-bond acceptors (Lipinski definition) is 2. The fourth-order valence-electron chi connectivity index (χ4n) is 2.29. The van der Waals surface area contributed by atoms with E-state index in [0.717, 1.165) is 19.4 Å². The summed E-state index contributed by atoms with van der Waals surface area (Å²) in [7, 11) is 1.79. The Hall–Kier alpha value is -0.860. The predicted octanol–water partition coefficient (Wildman–Crippen LogP) is 3.25. The topological polar surface area (TPSA) is 21.3 Å². The van der Waals surface area contributed by atoms with Crippen molar-refractivity contribution in [2.24, 2.45) is 0 Å². The summed E-state index contributed by atoms with van der Waals surface area (Å²) in [5.74, 6) is 0. The SMILES string of the molecule is CCCNC(Cc1c(C)cccc1C)C(C)OC. The highest BCUT2D eigenvalue weighted by Crippen LogP contribution is 2.17. The van der Waals surface area contributed by atoms with Crippen LogP contribution in [0.1, 0.15) is 37.0 Å². The van der Waals surface area contributed by atoms with Gasteiger partial charge in [-0.05, 0) is 56.8 Å². The molecule has 2 nitrogen and oxygen atoms in total. The molecule has 1 aromatic rings. The molecule has 1 aromatic carbocycles. The molecule has 0 aliphatic carbocycles. The first-order chi connectivity index (χ1) is 8.60. The first-order valence-corrected chi connectivity index (χ1v) is 6.91. The van der Waals surface area contributed by atoms with Gasteiger partial charge in [0.05, 0.1) is 6.10 Å². The zero-order valence-electron chi connectivity index (χ0n) is 12.4. The minimum absolute atomic E-state index is 0.232. The second kappa shape index (κ2) is 7.55. The zero-order valence-corrected chi connectivity index (χ0v) is 12.4. The Morgan fingerprint density at radius 3 is 2.33 bits per heavy atom. The van der Waals surface area contributed by atoms with Crippen LogP contribution < -0.4 is 5.32 Å². The van der Waals surface area contributed by atoms with E-state index in [-0.39, 0.29) is 6.10 Å². The van der Waals surface area contributed by atoms with Gasteiger partial charge in [-0.2, -0.15) is 0 Å². The van der Waals surface area contributed by atoms with E-state index in [4.69, 9.17) is 4.74 Å². The molecule has 0 saturated carbocycles. The molecule has 2 atom stereocenters. The van der Waals surface area contributed by atoms with Gasteiger partial charge in [0.2, 0.25) is 0 Å². The van der Waals surface area contributed by atoms with Gasteiger partial charge in [0.1, 0.15) is 0 Å². The lowest BCUT2D eigenvalue weighted by Crippen LogP contribution is -2.41. The molecule has 0 fully saturated rings. The number of nitrogens with one attached hydrogen (secondary N) is 1. The molecule has 0 aliphatic heterocycles. The first-order valence-electron chi connectivity index (χ1n) is 6.91. The molecular weight excluding hydrogens is 222 g/mol. The Bertz CT molecular complexity index is 342. The van der Waals surface area contributed by atoms with Gasteiger partial charge in [0.25, 0.3) is 0 Å². The molecule has 1 N–H and O–H groups in total. The Morgan fingerprint density at radius 1 is 1.22 bits per heavy atom. The van der Waals surface area contributed by atoms with E-state index < -0.39 is 0 Å². The Balaban J connectivity index is 2.81. The molecule has 0 amide bonds. The van der Waals surface area contributed by atoms with Gasteiger partial charge in [-0.15, -0.1) is 0 Å². The van der Waals surface area contributed by atoms with Gasteiger partial charge in [0, 0.05) is 13.2 Å². The number of hydrogen-bond donors (Lipinski definition) is 1. The summed E-state index contributed by atoms with van der Waals surface area (Å²) in [4.78, 5) is 0. The van der Waals surface area contributed by atoms with Crippen molar-refractivity contribution >= 4 is 0 Å². The van der Waals surface area contributed by atoms with Crippen molar-refractivity contribution in [1.82, 2.24) is 5.32 Å². The summed E-state index contributed by atoms with van der Waals surface area (Å²) in [5, 5.41) is 3.60. The molecule has 102 valence electrons. The van der Waals surface area contributed by atoms with Crippen LogP contribution in [0.5, 0.6) is 0 Å². The standard InChI is InChI=1S/C16H27NO/c1-6-10-17-16(14(4)18-5)11-15-12(2)8-7-9-13(15)3/h7-9,14,16-17H,6,10-11H2,1-5H3. The Labute approximate surface area is 112 Å². The number of methoxy groups -OCH3 is 1. The smallest absolute Gasteiger partial charge is 0.0699 e. The van der Waals surface area contributed by atoms with Crippen LogP contribution in [0.4, 0.5) is 0 Å². The Kier molecular flexibility index (Phi) is 6.37. The average Bonchev–Trinajstić information content (AvgIpc) is 2.36. The highest BCUT2D eigenvalue weighted by atomic mass is 16.5. The van der Waals surface area contributed by atoms with Crippen molar-refractivity contribution in [3.63, 3.8) is 0 Å². The summed E-state index contributed by atoms with van der Waals surface area (Å²) >= 11 is 0. The molecule has 0 spiro atoms. The quantitative estimate of drug-likeness (QED) is 0.801. The maximum atomic E-state index is 5.50. The summed E-state index contributed by atoms with van der Waals surface area (Å²) in [6.07, 6.45) is 2.42.